The van der Waals surface area contributed by atoms with E-state index in [1.165, 1.54) is 13.8 Å². The first-order chi connectivity index (χ1) is 5.86. The van der Waals surface area contributed by atoms with Crippen LogP contribution >= 0.6 is 0 Å². The van der Waals surface area contributed by atoms with Crippen molar-refractivity contribution < 1.29 is 24.6 Å². The zero-order valence-electron chi connectivity index (χ0n) is 7.48. The van der Waals surface area contributed by atoms with E-state index in [0.29, 0.717) is 0 Å². The van der Waals surface area contributed by atoms with Crippen LogP contribution in [0.2, 0.25) is 0 Å². The van der Waals surface area contributed by atoms with E-state index < -0.39 is 23.8 Å². The second kappa shape index (κ2) is 4.59. The molecule has 5 nitrogen and oxygen atoms in total. The molecule has 0 bridgehead atoms. The van der Waals surface area contributed by atoms with Crippen molar-refractivity contribution in [2.24, 2.45) is 11.8 Å². The zero-order chi connectivity index (χ0) is 10.6. The molecule has 0 aliphatic carbocycles. The predicted molar refractivity (Wildman–Crippen MR) is 43.2 cm³/mol. The molecule has 0 rings (SSSR count). The third-order valence-corrected chi connectivity index (χ3v) is 1.82. The molecule has 0 aliphatic heterocycles. The van der Waals surface area contributed by atoms with Crippen molar-refractivity contribution in [3.63, 3.8) is 0 Å². The molecule has 0 spiro atoms. The smallest absolute Gasteiger partial charge is 0.307 e. The Hall–Kier alpha value is -1.39. The summed E-state index contributed by atoms with van der Waals surface area (Å²) in [6.45, 7) is 2.52. The molecule has 0 saturated heterocycles. The van der Waals surface area contributed by atoms with Crippen LogP contribution in [0.15, 0.2) is 0 Å². The Bertz CT molecular complexity index is 233. The SMILES string of the molecule is CC(=O)CC(C(=O)O)C(C)C(=O)O. The van der Waals surface area contributed by atoms with Crippen LogP contribution in [0.25, 0.3) is 0 Å². The average Bonchev–Trinajstić information content (AvgIpc) is 1.97. The van der Waals surface area contributed by atoms with E-state index in [1.807, 2.05) is 0 Å². The summed E-state index contributed by atoms with van der Waals surface area (Å²) >= 11 is 0. The Kier molecular flexibility index (Phi) is 4.10. The molecule has 0 aliphatic rings. The van der Waals surface area contributed by atoms with Gasteiger partial charge in [-0.05, 0) is 6.92 Å². The van der Waals surface area contributed by atoms with Crippen molar-refractivity contribution >= 4 is 17.7 Å². The maximum Gasteiger partial charge on any atom is 0.307 e. The minimum absolute atomic E-state index is 0.233. The number of hydrogen-bond donors (Lipinski definition) is 2. The number of carbonyl (C=O) groups excluding carboxylic acids is 1. The Labute approximate surface area is 75.4 Å². The fourth-order valence-electron chi connectivity index (χ4n) is 0.960. The molecule has 2 N–H and O–H groups in total. The summed E-state index contributed by atoms with van der Waals surface area (Å²) < 4.78 is 0. The monoisotopic (exact) mass is 188 g/mol. The number of Topliss-reactive ketones (excluding diaryl/α,β-unsaturated/α-hetero) is 1. The number of ketones is 1. The van der Waals surface area contributed by atoms with E-state index in [4.69, 9.17) is 10.2 Å². The van der Waals surface area contributed by atoms with Gasteiger partial charge in [0.05, 0.1) is 11.8 Å². The van der Waals surface area contributed by atoms with Gasteiger partial charge >= 0.3 is 11.9 Å². The van der Waals surface area contributed by atoms with Gasteiger partial charge in [-0.25, -0.2) is 0 Å². The van der Waals surface area contributed by atoms with Gasteiger partial charge in [0.1, 0.15) is 5.78 Å². The van der Waals surface area contributed by atoms with E-state index in [1.54, 1.807) is 0 Å². The highest BCUT2D eigenvalue weighted by Gasteiger charge is 2.30. The molecule has 13 heavy (non-hydrogen) atoms. The van der Waals surface area contributed by atoms with Crippen LogP contribution in [0.5, 0.6) is 0 Å². The summed E-state index contributed by atoms with van der Waals surface area (Å²) in [6, 6.07) is 0. The topological polar surface area (TPSA) is 91.7 Å². The van der Waals surface area contributed by atoms with E-state index >= 15 is 0 Å². The van der Waals surface area contributed by atoms with Crippen LogP contribution in [-0.4, -0.2) is 27.9 Å². The molecule has 2 unspecified atom stereocenters. The fourth-order valence-corrected chi connectivity index (χ4v) is 0.960. The van der Waals surface area contributed by atoms with Gasteiger partial charge in [-0.3, -0.25) is 9.59 Å². The second-order valence-corrected chi connectivity index (χ2v) is 2.98. The summed E-state index contributed by atoms with van der Waals surface area (Å²) in [4.78, 5) is 31.6. The summed E-state index contributed by atoms with van der Waals surface area (Å²) in [6.07, 6.45) is -0.233. The van der Waals surface area contributed by atoms with Crippen molar-refractivity contribution in [3.05, 3.63) is 0 Å². The number of carboxylic acid groups (broad SMARTS) is 2. The molecule has 5 heteroatoms. The molecular formula is C8H12O5. The van der Waals surface area contributed by atoms with Gasteiger partial charge in [0.2, 0.25) is 0 Å². The molecule has 0 aromatic heterocycles. The summed E-state index contributed by atoms with van der Waals surface area (Å²) in [5.41, 5.74) is 0. The number of hydrogen-bond acceptors (Lipinski definition) is 3. The molecule has 0 radical (unpaired) electrons. The van der Waals surface area contributed by atoms with Crippen molar-refractivity contribution in [3.8, 4) is 0 Å². The summed E-state index contributed by atoms with van der Waals surface area (Å²) in [7, 11) is 0. The van der Waals surface area contributed by atoms with Gasteiger partial charge in [0.25, 0.3) is 0 Å². The van der Waals surface area contributed by atoms with Crippen LogP contribution in [0, 0.1) is 11.8 Å². The molecule has 74 valence electrons. The lowest BCUT2D eigenvalue weighted by Crippen LogP contribution is -2.29. The zero-order valence-corrected chi connectivity index (χ0v) is 7.48. The molecule has 0 fully saturated rings. The van der Waals surface area contributed by atoms with Crippen LogP contribution in [0.4, 0.5) is 0 Å². The molecular weight excluding hydrogens is 176 g/mol. The standard InChI is InChI=1S/C8H12O5/c1-4(9)3-6(8(12)13)5(2)7(10)11/h5-6H,3H2,1-2H3,(H,10,11)(H,12,13). The first-order valence-corrected chi connectivity index (χ1v) is 3.81. The quantitative estimate of drug-likeness (QED) is 0.651. The highest BCUT2D eigenvalue weighted by atomic mass is 16.4. The minimum Gasteiger partial charge on any atom is -0.481 e. The molecule has 0 heterocycles. The molecule has 0 saturated carbocycles. The number of carbonyl (C=O) groups is 3. The van der Waals surface area contributed by atoms with E-state index in [9.17, 15) is 14.4 Å². The summed E-state index contributed by atoms with van der Waals surface area (Å²) in [5.74, 6) is -4.93. The van der Waals surface area contributed by atoms with E-state index in [2.05, 4.69) is 0 Å². The summed E-state index contributed by atoms with van der Waals surface area (Å²) in [5, 5.41) is 17.2. The lowest BCUT2D eigenvalue weighted by atomic mass is 9.90. The molecule has 0 aromatic carbocycles. The lowest BCUT2D eigenvalue weighted by molar-refractivity contribution is -0.154. The van der Waals surface area contributed by atoms with Crippen molar-refractivity contribution in [2.45, 2.75) is 20.3 Å². The average molecular weight is 188 g/mol. The molecule has 0 amide bonds. The van der Waals surface area contributed by atoms with Crippen LogP contribution in [0.3, 0.4) is 0 Å². The Balaban J connectivity index is 4.51. The van der Waals surface area contributed by atoms with E-state index in [-0.39, 0.29) is 12.2 Å². The van der Waals surface area contributed by atoms with Gasteiger partial charge < -0.3 is 15.0 Å². The highest BCUT2D eigenvalue weighted by Crippen LogP contribution is 2.16. The van der Waals surface area contributed by atoms with Crippen molar-refractivity contribution in [2.75, 3.05) is 0 Å². The normalized spacial score (nSPS) is 14.6. The van der Waals surface area contributed by atoms with E-state index in [0.717, 1.165) is 0 Å². The number of carboxylic acids is 2. The van der Waals surface area contributed by atoms with Crippen LogP contribution < -0.4 is 0 Å². The third-order valence-electron chi connectivity index (χ3n) is 1.82. The second-order valence-electron chi connectivity index (χ2n) is 2.98. The van der Waals surface area contributed by atoms with Crippen LogP contribution in [-0.2, 0) is 14.4 Å². The third kappa shape index (κ3) is 3.68. The minimum atomic E-state index is -1.25. The first kappa shape index (κ1) is 11.6. The van der Waals surface area contributed by atoms with Crippen molar-refractivity contribution in [1.82, 2.24) is 0 Å². The van der Waals surface area contributed by atoms with Gasteiger partial charge in [0.15, 0.2) is 0 Å². The van der Waals surface area contributed by atoms with Crippen LogP contribution in [0.1, 0.15) is 20.3 Å². The Morgan fingerprint density at radius 3 is 1.85 bits per heavy atom. The van der Waals surface area contributed by atoms with Gasteiger partial charge in [-0.2, -0.15) is 0 Å². The maximum absolute atomic E-state index is 10.6. The van der Waals surface area contributed by atoms with Gasteiger partial charge in [-0.15, -0.1) is 0 Å². The highest BCUT2D eigenvalue weighted by molar-refractivity contribution is 5.85. The Morgan fingerprint density at radius 1 is 1.15 bits per heavy atom. The fraction of sp³-hybridized carbons (Fsp3) is 0.625. The number of aliphatic carboxylic acids is 2. The first-order valence-electron chi connectivity index (χ1n) is 3.81. The number of rotatable bonds is 5. The Morgan fingerprint density at radius 2 is 1.62 bits per heavy atom. The molecule has 0 aromatic rings. The van der Waals surface area contributed by atoms with Gasteiger partial charge in [-0.1, -0.05) is 6.92 Å². The largest absolute Gasteiger partial charge is 0.481 e. The predicted octanol–water partition coefficient (Wildman–Crippen LogP) is 0.387. The molecule has 2 atom stereocenters. The van der Waals surface area contributed by atoms with Gasteiger partial charge in [0, 0.05) is 6.42 Å². The lowest BCUT2D eigenvalue weighted by Gasteiger charge is -2.14. The maximum atomic E-state index is 10.6. The van der Waals surface area contributed by atoms with Crippen molar-refractivity contribution in [1.29, 1.82) is 0 Å².